The number of nitrogens with zero attached hydrogens (tertiary/aromatic N) is 2. The first-order valence-electron chi connectivity index (χ1n) is 9.97. The highest BCUT2D eigenvalue weighted by Gasteiger charge is 2.36. The zero-order chi connectivity index (χ0) is 24.3. The van der Waals surface area contributed by atoms with Crippen molar-refractivity contribution in [3.8, 4) is 0 Å². The van der Waals surface area contributed by atoms with Crippen molar-refractivity contribution >= 4 is 23.8 Å². The number of amides is 4. The molecule has 2 aromatic carbocycles. The standard InChI is InChI=1S/C22H22F2N4O5/c1-12(25-18(29)9-13-7-15(23)10-16(24)8-13)20(30)26-19-17-6-4-3-5-14(17)11-28(22(32)33)27(2)21(19)31/h3-8,10,12,19H,9,11H2,1-2H3,(H,25,29)(H,26,30)(H,32,33)/t12-,19?/m0/s1. The molecule has 2 aromatic rings. The maximum Gasteiger partial charge on any atom is 0.426 e. The van der Waals surface area contributed by atoms with E-state index in [9.17, 15) is 33.1 Å². The second-order valence-electron chi connectivity index (χ2n) is 7.59. The molecule has 1 heterocycles. The van der Waals surface area contributed by atoms with Crippen LogP contribution in [0.2, 0.25) is 0 Å². The largest absolute Gasteiger partial charge is 0.464 e. The summed E-state index contributed by atoms with van der Waals surface area (Å²) in [4.78, 5) is 49.5. The van der Waals surface area contributed by atoms with Gasteiger partial charge in [0.05, 0.1) is 13.0 Å². The zero-order valence-corrected chi connectivity index (χ0v) is 17.8. The number of rotatable bonds is 5. The van der Waals surface area contributed by atoms with Gasteiger partial charge in [0.15, 0.2) is 0 Å². The van der Waals surface area contributed by atoms with Gasteiger partial charge in [0.25, 0.3) is 5.91 Å². The first-order valence-corrected chi connectivity index (χ1v) is 9.97. The number of hydrogen-bond acceptors (Lipinski definition) is 4. The molecule has 2 atom stereocenters. The lowest BCUT2D eigenvalue weighted by Gasteiger charge is -2.29. The SMILES string of the molecule is C[C@H](NC(=O)Cc1cc(F)cc(F)c1)C(=O)NC1C(=O)N(C)N(C(=O)O)Cc2ccccc21. The third-order valence-electron chi connectivity index (χ3n) is 5.18. The normalized spacial score (nSPS) is 16.5. The summed E-state index contributed by atoms with van der Waals surface area (Å²) >= 11 is 0. The molecule has 3 N–H and O–H groups in total. The summed E-state index contributed by atoms with van der Waals surface area (Å²) in [5.41, 5.74) is 1.06. The van der Waals surface area contributed by atoms with Gasteiger partial charge in [-0.1, -0.05) is 24.3 Å². The molecule has 9 nitrogen and oxygen atoms in total. The Hall–Kier alpha value is -4.02. The molecule has 0 bridgehead atoms. The maximum atomic E-state index is 13.3. The molecule has 11 heteroatoms. The van der Waals surface area contributed by atoms with Crippen molar-refractivity contribution in [3.63, 3.8) is 0 Å². The highest BCUT2D eigenvalue weighted by atomic mass is 19.1. The topological polar surface area (TPSA) is 119 Å². The number of hydrogen-bond donors (Lipinski definition) is 3. The van der Waals surface area contributed by atoms with Crippen LogP contribution < -0.4 is 10.6 Å². The van der Waals surface area contributed by atoms with E-state index in [0.29, 0.717) is 17.2 Å². The van der Waals surface area contributed by atoms with E-state index in [1.807, 2.05) is 0 Å². The van der Waals surface area contributed by atoms with Crippen LogP contribution >= 0.6 is 0 Å². The lowest BCUT2D eigenvalue weighted by Crippen LogP contribution is -2.51. The fraction of sp³-hybridized carbons (Fsp3) is 0.273. The lowest BCUT2D eigenvalue weighted by molar-refractivity contribution is -0.146. The average molecular weight is 460 g/mol. The molecule has 3 rings (SSSR count). The Morgan fingerprint density at radius 3 is 2.42 bits per heavy atom. The molecule has 1 unspecified atom stereocenters. The van der Waals surface area contributed by atoms with Gasteiger partial charge in [-0.25, -0.2) is 23.6 Å². The number of halogens is 2. The Balaban J connectivity index is 1.73. The second-order valence-corrected chi connectivity index (χ2v) is 7.59. The van der Waals surface area contributed by atoms with Crippen molar-refractivity contribution in [2.75, 3.05) is 7.05 Å². The first-order chi connectivity index (χ1) is 15.6. The molecule has 0 saturated heterocycles. The van der Waals surface area contributed by atoms with E-state index in [1.54, 1.807) is 24.3 Å². The maximum absolute atomic E-state index is 13.3. The van der Waals surface area contributed by atoms with Crippen LogP contribution in [0.15, 0.2) is 42.5 Å². The van der Waals surface area contributed by atoms with Crippen LogP contribution in [0.1, 0.15) is 29.7 Å². The van der Waals surface area contributed by atoms with E-state index < -0.39 is 47.5 Å². The van der Waals surface area contributed by atoms with E-state index in [4.69, 9.17) is 0 Å². The minimum atomic E-state index is -1.33. The minimum absolute atomic E-state index is 0.0867. The Morgan fingerprint density at radius 2 is 1.79 bits per heavy atom. The number of nitrogens with one attached hydrogen (secondary N) is 2. The van der Waals surface area contributed by atoms with E-state index in [2.05, 4.69) is 10.6 Å². The molecular formula is C22H22F2N4O5. The van der Waals surface area contributed by atoms with E-state index >= 15 is 0 Å². The molecule has 33 heavy (non-hydrogen) atoms. The van der Waals surface area contributed by atoms with E-state index in [1.165, 1.54) is 14.0 Å². The summed E-state index contributed by atoms with van der Waals surface area (Å²) in [5, 5.41) is 16.2. The Labute approximate surface area is 187 Å². The zero-order valence-electron chi connectivity index (χ0n) is 17.8. The fourth-order valence-electron chi connectivity index (χ4n) is 3.53. The number of carbonyl (C=O) groups is 4. The molecule has 0 saturated carbocycles. The molecule has 1 aliphatic rings. The molecule has 0 radical (unpaired) electrons. The highest BCUT2D eigenvalue weighted by Crippen LogP contribution is 2.26. The van der Waals surface area contributed by atoms with Crippen LogP contribution in [0.25, 0.3) is 0 Å². The predicted octanol–water partition coefficient (Wildman–Crippen LogP) is 1.74. The quantitative estimate of drug-likeness (QED) is 0.628. The number of fused-ring (bicyclic) bond motifs is 1. The highest BCUT2D eigenvalue weighted by molar-refractivity contribution is 5.93. The van der Waals surface area contributed by atoms with Gasteiger partial charge in [-0.3, -0.25) is 14.4 Å². The van der Waals surface area contributed by atoms with Crippen molar-refractivity contribution < 1.29 is 33.1 Å². The van der Waals surface area contributed by atoms with Gasteiger partial charge in [0, 0.05) is 13.1 Å². The number of carboxylic acid groups (broad SMARTS) is 1. The molecule has 0 spiro atoms. The van der Waals surface area contributed by atoms with Gasteiger partial charge >= 0.3 is 6.09 Å². The molecule has 0 fully saturated rings. The number of likely N-dealkylation sites (N-methyl/N-ethyl adjacent to an activating group) is 1. The molecule has 4 amide bonds. The van der Waals surface area contributed by atoms with Crippen molar-refractivity contribution in [1.82, 2.24) is 20.7 Å². The lowest BCUT2D eigenvalue weighted by atomic mass is 9.99. The molecular weight excluding hydrogens is 438 g/mol. The van der Waals surface area contributed by atoms with Crippen LogP contribution in [-0.2, 0) is 27.3 Å². The van der Waals surface area contributed by atoms with Crippen LogP contribution in [0, 0.1) is 11.6 Å². The van der Waals surface area contributed by atoms with Gasteiger partial charge < -0.3 is 15.7 Å². The van der Waals surface area contributed by atoms with Crippen LogP contribution in [0.5, 0.6) is 0 Å². The third kappa shape index (κ3) is 5.43. The third-order valence-corrected chi connectivity index (χ3v) is 5.18. The summed E-state index contributed by atoms with van der Waals surface area (Å²) in [6, 6.07) is 7.05. The monoisotopic (exact) mass is 460 g/mol. The minimum Gasteiger partial charge on any atom is -0.464 e. The Bertz CT molecular complexity index is 1090. The van der Waals surface area contributed by atoms with Gasteiger partial charge in [0.1, 0.15) is 23.7 Å². The fourth-order valence-corrected chi connectivity index (χ4v) is 3.53. The van der Waals surface area contributed by atoms with Gasteiger partial charge in [-0.15, -0.1) is 0 Å². The van der Waals surface area contributed by atoms with Gasteiger partial charge in [0.2, 0.25) is 11.8 Å². The molecule has 0 aliphatic carbocycles. The number of hydrazine groups is 1. The number of carbonyl (C=O) groups excluding carboxylic acids is 3. The Kier molecular flexibility index (Phi) is 6.90. The summed E-state index contributed by atoms with van der Waals surface area (Å²) < 4.78 is 26.6. The van der Waals surface area contributed by atoms with E-state index in [0.717, 1.165) is 22.2 Å². The average Bonchev–Trinajstić information content (AvgIpc) is 2.83. The summed E-state index contributed by atoms with van der Waals surface area (Å²) in [7, 11) is 1.28. The van der Waals surface area contributed by atoms with E-state index in [-0.39, 0.29) is 18.5 Å². The van der Waals surface area contributed by atoms with Crippen molar-refractivity contribution in [3.05, 3.63) is 70.8 Å². The molecule has 174 valence electrons. The van der Waals surface area contributed by atoms with Gasteiger partial charge in [-0.05, 0) is 35.7 Å². The van der Waals surface area contributed by atoms with Crippen molar-refractivity contribution in [2.45, 2.75) is 32.0 Å². The van der Waals surface area contributed by atoms with Crippen LogP contribution in [-0.4, -0.2) is 52.0 Å². The summed E-state index contributed by atoms with van der Waals surface area (Å²) in [6.07, 6.45) is -1.68. The predicted molar refractivity (Wildman–Crippen MR) is 111 cm³/mol. The Morgan fingerprint density at radius 1 is 1.15 bits per heavy atom. The summed E-state index contributed by atoms with van der Waals surface area (Å²) in [5.74, 6) is -3.67. The van der Waals surface area contributed by atoms with Crippen molar-refractivity contribution in [1.29, 1.82) is 0 Å². The van der Waals surface area contributed by atoms with Crippen LogP contribution in [0.4, 0.5) is 13.6 Å². The van der Waals surface area contributed by atoms with Crippen molar-refractivity contribution in [2.24, 2.45) is 0 Å². The van der Waals surface area contributed by atoms with Gasteiger partial charge in [-0.2, -0.15) is 0 Å². The first kappa shape index (κ1) is 23.6. The molecule has 0 aromatic heterocycles. The smallest absolute Gasteiger partial charge is 0.426 e. The second kappa shape index (κ2) is 9.63. The number of benzene rings is 2. The summed E-state index contributed by atoms with van der Waals surface area (Å²) in [6.45, 7) is 1.30. The van der Waals surface area contributed by atoms with Crippen LogP contribution in [0.3, 0.4) is 0 Å². The molecule has 1 aliphatic heterocycles.